The van der Waals surface area contributed by atoms with E-state index in [1.807, 2.05) is 17.0 Å². The van der Waals surface area contributed by atoms with Gasteiger partial charge in [-0.2, -0.15) is 0 Å². The number of halogens is 3. The van der Waals surface area contributed by atoms with Crippen molar-refractivity contribution in [3.63, 3.8) is 0 Å². The van der Waals surface area contributed by atoms with E-state index in [4.69, 9.17) is 0 Å². The van der Waals surface area contributed by atoms with Crippen LogP contribution in [0.5, 0.6) is 0 Å². The molecule has 0 bridgehead atoms. The Morgan fingerprint density at radius 2 is 1.70 bits per heavy atom. The average Bonchev–Trinajstić information content (AvgIpc) is 2.38. The van der Waals surface area contributed by atoms with Gasteiger partial charge in [-0.15, -0.1) is 0 Å². The molecule has 2 rings (SSSR count). The van der Waals surface area contributed by atoms with Gasteiger partial charge in [0.25, 0.3) is 0 Å². The van der Waals surface area contributed by atoms with Crippen LogP contribution in [0.15, 0.2) is 25.6 Å². The van der Waals surface area contributed by atoms with Crippen LogP contribution in [-0.4, -0.2) is 55.5 Å². The minimum Gasteiger partial charge on any atom is -0.374 e. The van der Waals surface area contributed by atoms with Crippen molar-refractivity contribution in [2.24, 2.45) is 0 Å². The number of nitrogens with zero attached hydrogens (tertiary/aromatic N) is 2. The van der Waals surface area contributed by atoms with Crippen LogP contribution < -0.4 is 5.32 Å². The van der Waals surface area contributed by atoms with Crippen molar-refractivity contribution in [2.75, 3.05) is 45.1 Å². The molecule has 1 amide bonds. The maximum atomic E-state index is 12.2. The van der Waals surface area contributed by atoms with Gasteiger partial charge in [0.1, 0.15) is 0 Å². The number of benzene rings is 1. The second-order valence-electron chi connectivity index (χ2n) is 4.78. The Kier molecular flexibility index (Phi) is 5.89. The SMILES string of the molecule is CN1CCN(C(=O)CNc2c(Br)cc(Br)cc2Br)CC1. The fourth-order valence-electron chi connectivity index (χ4n) is 2.04. The lowest BCUT2D eigenvalue weighted by atomic mass is 10.3. The third kappa shape index (κ3) is 4.19. The molecule has 1 heterocycles. The first-order valence-electron chi connectivity index (χ1n) is 6.32. The summed E-state index contributed by atoms with van der Waals surface area (Å²) in [4.78, 5) is 16.3. The van der Waals surface area contributed by atoms with Gasteiger partial charge in [-0.25, -0.2) is 0 Å². The Balaban J connectivity index is 1.94. The average molecular weight is 470 g/mol. The summed E-state index contributed by atoms with van der Waals surface area (Å²) in [5, 5.41) is 3.20. The van der Waals surface area contributed by atoms with Gasteiger partial charge in [0.15, 0.2) is 0 Å². The zero-order valence-corrected chi connectivity index (χ0v) is 15.9. The van der Waals surface area contributed by atoms with E-state index in [2.05, 4.69) is 65.1 Å². The van der Waals surface area contributed by atoms with E-state index < -0.39 is 0 Å². The molecule has 1 aliphatic rings. The highest BCUT2D eigenvalue weighted by molar-refractivity contribution is 9.11. The molecular weight excluding hydrogens is 454 g/mol. The van der Waals surface area contributed by atoms with E-state index in [0.29, 0.717) is 6.54 Å². The minimum atomic E-state index is 0.139. The van der Waals surface area contributed by atoms with Crippen LogP contribution in [0, 0.1) is 0 Å². The number of nitrogens with one attached hydrogen (secondary N) is 1. The van der Waals surface area contributed by atoms with E-state index in [1.54, 1.807) is 0 Å². The molecule has 0 aromatic heterocycles. The van der Waals surface area contributed by atoms with Gasteiger partial charge < -0.3 is 15.1 Å². The molecule has 4 nitrogen and oxygen atoms in total. The van der Waals surface area contributed by atoms with Gasteiger partial charge in [0.2, 0.25) is 5.91 Å². The van der Waals surface area contributed by atoms with Crippen molar-refractivity contribution in [2.45, 2.75) is 0 Å². The standard InChI is InChI=1S/C13H16Br3N3O/c1-18-2-4-19(5-3-18)12(20)8-17-13-10(15)6-9(14)7-11(13)16/h6-7,17H,2-5,8H2,1H3. The molecule has 7 heteroatoms. The topological polar surface area (TPSA) is 35.6 Å². The lowest BCUT2D eigenvalue weighted by Gasteiger charge is -2.32. The molecule has 1 N–H and O–H groups in total. The third-order valence-electron chi connectivity index (χ3n) is 3.28. The molecule has 0 atom stereocenters. The van der Waals surface area contributed by atoms with E-state index in [9.17, 15) is 4.79 Å². The summed E-state index contributed by atoms with van der Waals surface area (Å²) in [7, 11) is 2.08. The number of rotatable bonds is 3. The Labute approximate surface area is 144 Å². The lowest BCUT2D eigenvalue weighted by molar-refractivity contribution is -0.130. The van der Waals surface area contributed by atoms with Crippen LogP contribution in [0.1, 0.15) is 0 Å². The third-order valence-corrected chi connectivity index (χ3v) is 4.99. The quantitative estimate of drug-likeness (QED) is 0.738. The zero-order valence-electron chi connectivity index (χ0n) is 11.1. The highest BCUT2D eigenvalue weighted by Gasteiger charge is 2.19. The predicted octanol–water partition coefficient (Wildman–Crippen LogP) is 3.16. The van der Waals surface area contributed by atoms with Crippen LogP contribution in [0.3, 0.4) is 0 Å². The summed E-state index contributed by atoms with van der Waals surface area (Å²) in [6.45, 7) is 3.80. The fourth-order valence-corrected chi connectivity index (χ4v) is 4.58. The maximum Gasteiger partial charge on any atom is 0.241 e. The molecule has 1 saturated heterocycles. The van der Waals surface area contributed by atoms with Crippen LogP contribution >= 0.6 is 47.8 Å². The summed E-state index contributed by atoms with van der Waals surface area (Å²) < 4.78 is 2.82. The number of hydrogen-bond acceptors (Lipinski definition) is 3. The smallest absolute Gasteiger partial charge is 0.241 e. The van der Waals surface area contributed by atoms with Crippen molar-refractivity contribution >= 4 is 59.4 Å². The van der Waals surface area contributed by atoms with Gasteiger partial charge in [-0.3, -0.25) is 4.79 Å². The van der Waals surface area contributed by atoms with Crippen molar-refractivity contribution < 1.29 is 4.79 Å². The van der Waals surface area contributed by atoms with Gasteiger partial charge in [-0.05, 0) is 51.0 Å². The predicted molar refractivity (Wildman–Crippen MR) is 92.1 cm³/mol. The second-order valence-corrected chi connectivity index (χ2v) is 7.41. The molecular formula is C13H16Br3N3O. The van der Waals surface area contributed by atoms with Crippen LogP contribution in [-0.2, 0) is 4.79 Å². The van der Waals surface area contributed by atoms with Crippen molar-refractivity contribution in [1.29, 1.82) is 0 Å². The minimum absolute atomic E-state index is 0.139. The summed E-state index contributed by atoms with van der Waals surface area (Å²) in [5.74, 6) is 0.139. The molecule has 1 aromatic rings. The van der Waals surface area contributed by atoms with Gasteiger partial charge >= 0.3 is 0 Å². The number of carbonyl (C=O) groups is 1. The van der Waals surface area contributed by atoms with Crippen LogP contribution in [0.2, 0.25) is 0 Å². The molecule has 0 saturated carbocycles. The molecule has 0 spiro atoms. The lowest BCUT2D eigenvalue weighted by Crippen LogP contribution is -2.48. The largest absolute Gasteiger partial charge is 0.374 e. The monoisotopic (exact) mass is 467 g/mol. The van der Waals surface area contributed by atoms with Crippen LogP contribution in [0.25, 0.3) is 0 Å². The first-order chi connectivity index (χ1) is 9.47. The fraction of sp³-hybridized carbons (Fsp3) is 0.462. The number of piperazine rings is 1. The Morgan fingerprint density at radius 1 is 1.15 bits per heavy atom. The first kappa shape index (κ1) is 16.3. The highest BCUT2D eigenvalue weighted by Crippen LogP contribution is 2.34. The van der Waals surface area contributed by atoms with E-state index in [0.717, 1.165) is 45.3 Å². The number of hydrogen-bond donors (Lipinski definition) is 1. The maximum absolute atomic E-state index is 12.2. The first-order valence-corrected chi connectivity index (χ1v) is 8.70. The van der Waals surface area contributed by atoms with Crippen molar-refractivity contribution in [3.05, 3.63) is 25.6 Å². The molecule has 0 radical (unpaired) electrons. The molecule has 110 valence electrons. The molecule has 1 fully saturated rings. The number of anilines is 1. The summed E-state index contributed by atoms with van der Waals surface area (Å²) in [6.07, 6.45) is 0. The highest BCUT2D eigenvalue weighted by atomic mass is 79.9. The molecule has 0 aliphatic carbocycles. The number of amides is 1. The molecule has 20 heavy (non-hydrogen) atoms. The van der Waals surface area contributed by atoms with E-state index in [1.165, 1.54) is 0 Å². The van der Waals surface area contributed by atoms with Crippen molar-refractivity contribution in [1.82, 2.24) is 9.80 Å². The Hall–Kier alpha value is -0.110. The molecule has 1 aliphatic heterocycles. The summed E-state index contributed by atoms with van der Waals surface area (Å²) in [6, 6.07) is 3.90. The Bertz CT molecular complexity index is 479. The van der Waals surface area contributed by atoms with Gasteiger partial charge in [0.05, 0.1) is 12.2 Å². The number of likely N-dealkylation sites (N-methyl/N-ethyl adjacent to an activating group) is 1. The second kappa shape index (κ2) is 7.24. The van der Waals surface area contributed by atoms with Crippen LogP contribution in [0.4, 0.5) is 5.69 Å². The van der Waals surface area contributed by atoms with E-state index in [-0.39, 0.29) is 5.91 Å². The molecule has 1 aromatic carbocycles. The summed E-state index contributed by atoms with van der Waals surface area (Å²) >= 11 is 10.4. The summed E-state index contributed by atoms with van der Waals surface area (Å²) in [5.41, 5.74) is 0.899. The number of carbonyl (C=O) groups excluding carboxylic acids is 1. The molecule has 0 unspecified atom stereocenters. The normalized spacial score (nSPS) is 16.3. The van der Waals surface area contributed by atoms with Crippen molar-refractivity contribution in [3.8, 4) is 0 Å². The van der Waals surface area contributed by atoms with E-state index >= 15 is 0 Å². The zero-order chi connectivity index (χ0) is 14.7. The Morgan fingerprint density at radius 3 is 2.25 bits per heavy atom. The van der Waals surface area contributed by atoms with Gasteiger partial charge in [0, 0.05) is 39.6 Å². The van der Waals surface area contributed by atoms with Gasteiger partial charge in [-0.1, -0.05) is 15.9 Å².